The van der Waals surface area contributed by atoms with Gasteiger partial charge in [0.1, 0.15) is 16.8 Å². The molecule has 0 radical (unpaired) electrons. The van der Waals surface area contributed by atoms with Crippen LogP contribution >= 0.6 is 23.4 Å². The van der Waals surface area contributed by atoms with Crippen LogP contribution in [0.15, 0.2) is 30.3 Å². The molecule has 8 heteroatoms. The Labute approximate surface area is 148 Å². The number of hydrogen-bond acceptors (Lipinski definition) is 4. The van der Waals surface area contributed by atoms with Crippen molar-refractivity contribution in [1.82, 2.24) is 10.2 Å². The Balaban J connectivity index is 1.60. The first-order valence-corrected chi connectivity index (χ1v) is 9.10. The molecule has 2 saturated heterocycles. The van der Waals surface area contributed by atoms with E-state index in [-0.39, 0.29) is 36.0 Å². The van der Waals surface area contributed by atoms with Gasteiger partial charge in [-0.15, -0.1) is 23.4 Å². The van der Waals surface area contributed by atoms with Gasteiger partial charge in [0, 0.05) is 18.2 Å². The molecule has 0 bridgehead atoms. The van der Waals surface area contributed by atoms with Crippen LogP contribution in [0.25, 0.3) is 0 Å². The SMILES string of the molecule is O=C(Cc1ccccc1)NC1C(=O)N2CC(CCl)(C(=O)O)CS[C@H]12. The van der Waals surface area contributed by atoms with Crippen molar-refractivity contribution in [2.45, 2.75) is 17.8 Å². The molecule has 3 atom stereocenters. The van der Waals surface area contributed by atoms with Crippen molar-refractivity contribution in [3.8, 4) is 0 Å². The third-order valence-corrected chi connectivity index (χ3v) is 6.48. The van der Waals surface area contributed by atoms with Crippen LogP contribution in [-0.2, 0) is 20.8 Å². The van der Waals surface area contributed by atoms with Gasteiger partial charge in [0.2, 0.25) is 11.8 Å². The maximum atomic E-state index is 12.3. The highest BCUT2D eigenvalue weighted by Gasteiger charge is 2.57. The van der Waals surface area contributed by atoms with Crippen LogP contribution in [0, 0.1) is 5.41 Å². The van der Waals surface area contributed by atoms with E-state index < -0.39 is 17.4 Å². The van der Waals surface area contributed by atoms with Gasteiger partial charge in [0.05, 0.1) is 6.42 Å². The summed E-state index contributed by atoms with van der Waals surface area (Å²) in [6.07, 6.45) is 0.211. The number of aliphatic carboxylic acids is 1. The van der Waals surface area contributed by atoms with Crippen LogP contribution in [0.1, 0.15) is 5.56 Å². The molecule has 2 aliphatic heterocycles. The molecular formula is C16H17ClN2O4S. The number of carboxylic acids is 1. The van der Waals surface area contributed by atoms with E-state index >= 15 is 0 Å². The van der Waals surface area contributed by atoms with Crippen LogP contribution in [0.5, 0.6) is 0 Å². The molecule has 2 heterocycles. The van der Waals surface area contributed by atoms with Crippen molar-refractivity contribution >= 4 is 41.1 Å². The number of β-lactam (4-membered cyclic amide) rings is 1. The number of nitrogens with one attached hydrogen (secondary N) is 1. The average Bonchev–Trinajstić information content (AvgIpc) is 2.59. The second kappa shape index (κ2) is 6.64. The zero-order valence-electron chi connectivity index (χ0n) is 12.8. The number of carboxylic acid groups (broad SMARTS) is 1. The van der Waals surface area contributed by atoms with Gasteiger partial charge in [0.15, 0.2) is 0 Å². The fraction of sp³-hybridized carbons (Fsp3) is 0.438. The number of halogens is 1. The lowest BCUT2D eigenvalue weighted by atomic mass is 9.89. The van der Waals surface area contributed by atoms with Crippen molar-refractivity contribution in [2.75, 3.05) is 18.2 Å². The summed E-state index contributed by atoms with van der Waals surface area (Å²) >= 11 is 7.18. The minimum Gasteiger partial charge on any atom is -0.481 e. The Kier molecular flexibility index (Phi) is 4.73. The first-order chi connectivity index (χ1) is 11.5. The highest BCUT2D eigenvalue weighted by atomic mass is 35.5. The van der Waals surface area contributed by atoms with Crippen molar-refractivity contribution in [3.63, 3.8) is 0 Å². The Bertz CT molecular complexity index is 671. The summed E-state index contributed by atoms with van der Waals surface area (Å²) in [6.45, 7) is 0.0907. The number of fused-ring (bicyclic) bond motifs is 1. The first-order valence-electron chi connectivity index (χ1n) is 7.51. The smallest absolute Gasteiger partial charge is 0.313 e. The predicted molar refractivity (Wildman–Crippen MR) is 90.8 cm³/mol. The van der Waals surface area contributed by atoms with Crippen LogP contribution < -0.4 is 5.32 Å². The molecule has 1 aromatic carbocycles. The molecule has 2 fully saturated rings. The van der Waals surface area contributed by atoms with Crippen molar-refractivity contribution < 1.29 is 19.5 Å². The second-order valence-electron chi connectivity index (χ2n) is 6.09. The van der Waals surface area contributed by atoms with E-state index in [0.29, 0.717) is 5.75 Å². The number of carbonyl (C=O) groups excluding carboxylic acids is 2. The number of thioether (sulfide) groups is 1. The third kappa shape index (κ3) is 2.98. The van der Waals surface area contributed by atoms with Crippen LogP contribution in [0.3, 0.4) is 0 Å². The summed E-state index contributed by atoms with van der Waals surface area (Å²) in [4.78, 5) is 37.3. The standard InChI is InChI=1S/C16H17ClN2O4S/c17-7-16(15(22)23)8-19-13(21)12(14(19)24-9-16)18-11(20)6-10-4-2-1-3-5-10/h1-5,12,14H,6-9H2,(H,18,20)(H,22,23)/t12?,14-,16?/m1/s1. The maximum Gasteiger partial charge on any atom is 0.313 e. The van der Waals surface area contributed by atoms with Gasteiger partial charge in [-0.1, -0.05) is 30.3 Å². The zero-order chi connectivity index (χ0) is 17.3. The quantitative estimate of drug-likeness (QED) is 0.596. The molecule has 2 unspecified atom stereocenters. The molecule has 3 rings (SSSR count). The topological polar surface area (TPSA) is 86.7 Å². The van der Waals surface area contributed by atoms with Crippen LogP contribution in [0.4, 0.5) is 0 Å². The molecule has 2 N–H and O–H groups in total. The van der Waals surface area contributed by atoms with Gasteiger partial charge in [-0.05, 0) is 5.56 Å². The van der Waals surface area contributed by atoms with E-state index in [1.54, 1.807) is 0 Å². The number of benzene rings is 1. The highest BCUT2D eigenvalue weighted by molar-refractivity contribution is 8.00. The lowest BCUT2D eigenvalue weighted by Crippen LogP contribution is -2.74. The van der Waals surface area contributed by atoms with E-state index in [1.807, 2.05) is 30.3 Å². The molecule has 128 valence electrons. The number of carbonyl (C=O) groups is 3. The Hall–Kier alpha value is -1.73. The molecule has 2 amide bonds. The first kappa shape index (κ1) is 17.1. The Morgan fingerprint density at radius 1 is 1.38 bits per heavy atom. The molecular weight excluding hydrogens is 352 g/mol. The van der Waals surface area contributed by atoms with Gasteiger partial charge in [-0.2, -0.15) is 0 Å². The van der Waals surface area contributed by atoms with Gasteiger partial charge in [-0.3, -0.25) is 14.4 Å². The predicted octanol–water partition coefficient (Wildman–Crippen LogP) is 0.939. The normalized spacial score (nSPS) is 28.7. The molecule has 24 heavy (non-hydrogen) atoms. The number of alkyl halides is 1. The number of hydrogen-bond donors (Lipinski definition) is 2. The summed E-state index contributed by atoms with van der Waals surface area (Å²) in [5.74, 6) is -1.17. The third-order valence-electron chi connectivity index (χ3n) is 4.38. The molecule has 0 spiro atoms. The summed E-state index contributed by atoms with van der Waals surface area (Å²) in [5.41, 5.74) is -0.237. The van der Waals surface area contributed by atoms with Gasteiger partial charge in [-0.25, -0.2) is 0 Å². The fourth-order valence-electron chi connectivity index (χ4n) is 2.90. The Morgan fingerprint density at radius 2 is 2.08 bits per heavy atom. The average molecular weight is 369 g/mol. The van der Waals surface area contributed by atoms with Gasteiger partial charge in [0.25, 0.3) is 0 Å². The van der Waals surface area contributed by atoms with E-state index in [9.17, 15) is 19.5 Å². The molecule has 1 aromatic rings. The summed E-state index contributed by atoms with van der Waals surface area (Å²) in [5, 5.41) is 11.9. The van der Waals surface area contributed by atoms with E-state index in [2.05, 4.69) is 5.32 Å². The zero-order valence-corrected chi connectivity index (χ0v) is 14.3. The Morgan fingerprint density at radius 3 is 2.71 bits per heavy atom. The summed E-state index contributed by atoms with van der Waals surface area (Å²) in [7, 11) is 0. The van der Waals surface area contributed by atoms with Crippen molar-refractivity contribution in [3.05, 3.63) is 35.9 Å². The highest BCUT2D eigenvalue weighted by Crippen LogP contribution is 2.42. The van der Waals surface area contributed by atoms with Gasteiger partial charge >= 0.3 is 5.97 Å². The number of rotatable bonds is 5. The van der Waals surface area contributed by atoms with Crippen molar-refractivity contribution in [1.29, 1.82) is 0 Å². The van der Waals surface area contributed by atoms with Crippen LogP contribution in [0.2, 0.25) is 0 Å². The summed E-state index contributed by atoms with van der Waals surface area (Å²) < 4.78 is 0. The molecule has 0 saturated carbocycles. The van der Waals surface area contributed by atoms with Crippen LogP contribution in [-0.4, -0.2) is 57.4 Å². The van der Waals surface area contributed by atoms with E-state index in [1.165, 1.54) is 16.7 Å². The minimum atomic E-state index is -1.11. The molecule has 0 aliphatic carbocycles. The minimum absolute atomic E-state index is 0.0448. The molecule has 0 aromatic heterocycles. The number of nitrogens with zero attached hydrogens (tertiary/aromatic N) is 1. The molecule has 2 aliphatic rings. The lowest BCUT2D eigenvalue weighted by Gasteiger charge is -2.53. The second-order valence-corrected chi connectivity index (χ2v) is 7.47. The maximum absolute atomic E-state index is 12.3. The monoisotopic (exact) mass is 368 g/mol. The van der Waals surface area contributed by atoms with E-state index in [4.69, 9.17) is 11.6 Å². The van der Waals surface area contributed by atoms with Crippen molar-refractivity contribution in [2.24, 2.45) is 5.41 Å². The largest absolute Gasteiger partial charge is 0.481 e. The molecule has 6 nitrogen and oxygen atoms in total. The number of amides is 2. The fourth-order valence-corrected chi connectivity index (χ4v) is 4.85. The van der Waals surface area contributed by atoms with E-state index in [0.717, 1.165) is 5.56 Å². The van der Waals surface area contributed by atoms with Gasteiger partial charge < -0.3 is 15.3 Å². The lowest BCUT2D eigenvalue weighted by molar-refractivity contribution is -0.157. The summed E-state index contributed by atoms with van der Waals surface area (Å²) in [6, 6.07) is 8.70.